The van der Waals surface area contributed by atoms with Crippen LogP contribution in [0.2, 0.25) is 0 Å². The lowest BCUT2D eigenvalue weighted by Crippen LogP contribution is -2.30. The fourth-order valence-corrected chi connectivity index (χ4v) is 1.81. The number of carboxylic acid groups (broad SMARTS) is 1. The second-order valence-electron chi connectivity index (χ2n) is 4.42. The number of nitrogens with one attached hydrogen (secondary N) is 1. The molecule has 2 rings (SSSR count). The van der Waals surface area contributed by atoms with E-state index < -0.39 is 23.7 Å². The number of carbonyl (C=O) groups is 2. The first-order chi connectivity index (χ1) is 9.97. The summed E-state index contributed by atoms with van der Waals surface area (Å²) in [5, 5.41) is 18.2. The molecule has 2 aromatic rings. The number of benzene rings is 1. The molecule has 0 aliphatic rings. The van der Waals surface area contributed by atoms with Crippen LogP contribution in [-0.2, 0) is 11.3 Å². The molecule has 0 aliphatic heterocycles. The number of carbonyl (C=O) groups excluding carboxylic acids is 1. The molecule has 1 aromatic heterocycles. The minimum absolute atomic E-state index is 0.195. The lowest BCUT2D eigenvalue weighted by Gasteiger charge is -2.14. The van der Waals surface area contributed by atoms with Gasteiger partial charge in [0.15, 0.2) is 5.69 Å². The summed E-state index contributed by atoms with van der Waals surface area (Å²) in [6, 6.07) is 5.63. The van der Waals surface area contributed by atoms with E-state index in [1.807, 2.05) is 0 Å². The largest absolute Gasteiger partial charge is 0.476 e. The molecule has 0 bridgehead atoms. The van der Waals surface area contributed by atoms with E-state index in [-0.39, 0.29) is 12.2 Å². The van der Waals surface area contributed by atoms with Crippen LogP contribution in [0.4, 0.5) is 4.39 Å². The molecule has 0 aliphatic carbocycles. The number of nitrogens with zero attached hydrogens (tertiary/aromatic N) is 3. The maximum absolute atomic E-state index is 13.6. The quantitative estimate of drug-likeness (QED) is 0.856. The van der Waals surface area contributed by atoms with Crippen molar-refractivity contribution in [1.82, 2.24) is 20.3 Å². The topological polar surface area (TPSA) is 97.1 Å². The van der Waals surface area contributed by atoms with Gasteiger partial charge >= 0.3 is 5.97 Å². The SMILES string of the molecule is CC(NC(=O)Cn1cc(C(=O)O)nn1)c1ccccc1F. The van der Waals surface area contributed by atoms with Gasteiger partial charge in [0.05, 0.1) is 12.2 Å². The molecule has 0 saturated carbocycles. The van der Waals surface area contributed by atoms with E-state index in [1.54, 1.807) is 25.1 Å². The van der Waals surface area contributed by atoms with Crippen LogP contribution in [0.25, 0.3) is 0 Å². The van der Waals surface area contributed by atoms with Crippen molar-refractivity contribution in [3.63, 3.8) is 0 Å². The minimum atomic E-state index is -1.22. The molecule has 0 fully saturated rings. The van der Waals surface area contributed by atoms with Crippen LogP contribution in [0, 0.1) is 5.82 Å². The van der Waals surface area contributed by atoms with E-state index in [4.69, 9.17) is 5.11 Å². The lowest BCUT2D eigenvalue weighted by atomic mass is 10.1. The van der Waals surface area contributed by atoms with Crippen molar-refractivity contribution < 1.29 is 19.1 Å². The highest BCUT2D eigenvalue weighted by atomic mass is 19.1. The molecular formula is C13H13FN4O3. The standard InChI is InChI=1S/C13H13FN4O3/c1-8(9-4-2-3-5-10(9)14)15-12(19)7-18-6-11(13(20)21)16-17-18/h2-6,8H,7H2,1H3,(H,15,19)(H,20,21). The van der Waals surface area contributed by atoms with Crippen molar-refractivity contribution in [3.05, 3.63) is 47.5 Å². The van der Waals surface area contributed by atoms with Crippen LogP contribution in [0.3, 0.4) is 0 Å². The van der Waals surface area contributed by atoms with Crippen LogP contribution >= 0.6 is 0 Å². The van der Waals surface area contributed by atoms with E-state index in [0.29, 0.717) is 5.56 Å². The Morgan fingerprint density at radius 3 is 2.76 bits per heavy atom. The minimum Gasteiger partial charge on any atom is -0.476 e. The van der Waals surface area contributed by atoms with Crippen LogP contribution in [0.5, 0.6) is 0 Å². The van der Waals surface area contributed by atoms with Crippen molar-refractivity contribution >= 4 is 11.9 Å². The van der Waals surface area contributed by atoms with Crippen LogP contribution in [0.15, 0.2) is 30.5 Å². The van der Waals surface area contributed by atoms with E-state index >= 15 is 0 Å². The first kappa shape index (κ1) is 14.6. The molecule has 0 saturated heterocycles. The molecule has 2 N–H and O–H groups in total. The number of hydrogen-bond acceptors (Lipinski definition) is 4. The summed E-state index contributed by atoms with van der Waals surface area (Å²) in [4.78, 5) is 22.5. The average Bonchev–Trinajstić information content (AvgIpc) is 2.87. The number of hydrogen-bond donors (Lipinski definition) is 2. The van der Waals surface area contributed by atoms with Gasteiger partial charge in [-0.05, 0) is 13.0 Å². The number of rotatable bonds is 5. The van der Waals surface area contributed by atoms with Crippen LogP contribution in [0.1, 0.15) is 29.0 Å². The Balaban J connectivity index is 1.98. The molecule has 21 heavy (non-hydrogen) atoms. The predicted octanol–water partition coefficient (Wildman–Crippen LogP) is 0.993. The van der Waals surface area contributed by atoms with E-state index in [0.717, 1.165) is 10.9 Å². The van der Waals surface area contributed by atoms with Gasteiger partial charge < -0.3 is 10.4 Å². The average molecular weight is 292 g/mol. The molecule has 1 amide bonds. The second-order valence-corrected chi connectivity index (χ2v) is 4.42. The summed E-state index contributed by atoms with van der Waals surface area (Å²) < 4.78 is 14.7. The van der Waals surface area contributed by atoms with Gasteiger partial charge in [0, 0.05) is 5.56 Å². The third-order valence-corrected chi connectivity index (χ3v) is 2.81. The van der Waals surface area contributed by atoms with Crippen molar-refractivity contribution in [2.45, 2.75) is 19.5 Å². The monoisotopic (exact) mass is 292 g/mol. The second kappa shape index (κ2) is 6.12. The van der Waals surface area contributed by atoms with Gasteiger partial charge in [0.25, 0.3) is 0 Å². The highest BCUT2D eigenvalue weighted by Crippen LogP contribution is 2.15. The van der Waals surface area contributed by atoms with Gasteiger partial charge in [-0.3, -0.25) is 4.79 Å². The number of amides is 1. The maximum atomic E-state index is 13.6. The smallest absolute Gasteiger partial charge is 0.358 e. The highest BCUT2D eigenvalue weighted by Gasteiger charge is 2.15. The molecule has 7 nitrogen and oxygen atoms in total. The Bertz CT molecular complexity index is 671. The van der Waals surface area contributed by atoms with Crippen molar-refractivity contribution in [3.8, 4) is 0 Å². The molecule has 8 heteroatoms. The third kappa shape index (κ3) is 3.62. The highest BCUT2D eigenvalue weighted by molar-refractivity contribution is 5.84. The van der Waals surface area contributed by atoms with Gasteiger partial charge in [0.1, 0.15) is 12.4 Å². The lowest BCUT2D eigenvalue weighted by molar-refractivity contribution is -0.122. The third-order valence-electron chi connectivity index (χ3n) is 2.81. The first-order valence-corrected chi connectivity index (χ1v) is 6.14. The summed E-state index contributed by atoms with van der Waals surface area (Å²) in [6.07, 6.45) is 1.15. The normalized spacial score (nSPS) is 11.9. The Labute approximate surface area is 119 Å². The fourth-order valence-electron chi connectivity index (χ4n) is 1.81. The predicted molar refractivity (Wildman–Crippen MR) is 69.9 cm³/mol. The molecule has 110 valence electrons. The molecule has 0 spiro atoms. The molecule has 1 atom stereocenters. The van der Waals surface area contributed by atoms with Gasteiger partial charge in [-0.15, -0.1) is 5.10 Å². The Kier molecular flexibility index (Phi) is 4.27. The zero-order chi connectivity index (χ0) is 15.4. The van der Waals surface area contributed by atoms with Gasteiger partial charge in [-0.1, -0.05) is 23.4 Å². The zero-order valence-corrected chi connectivity index (χ0v) is 11.2. The maximum Gasteiger partial charge on any atom is 0.358 e. The van der Waals surface area contributed by atoms with E-state index in [9.17, 15) is 14.0 Å². The number of aromatic carboxylic acids is 1. The summed E-state index contributed by atoms with van der Waals surface area (Å²) >= 11 is 0. The molecule has 1 unspecified atom stereocenters. The Morgan fingerprint density at radius 1 is 1.43 bits per heavy atom. The fraction of sp³-hybridized carbons (Fsp3) is 0.231. The molecular weight excluding hydrogens is 279 g/mol. The van der Waals surface area contributed by atoms with Crippen LogP contribution < -0.4 is 5.32 Å². The molecule has 1 heterocycles. The van der Waals surface area contributed by atoms with Crippen molar-refractivity contribution in [1.29, 1.82) is 0 Å². The van der Waals surface area contributed by atoms with E-state index in [2.05, 4.69) is 15.6 Å². The zero-order valence-electron chi connectivity index (χ0n) is 11.2. The first-order valence-electron chi connectivity index (χ1n) is 6.14. The van der Waals surface area contributed by atoms with Gasteiger partial charge in [0.2, 0.25) is 5.91 Å². The summed E-state index contributed by atoms with van der Waals surface area (Å²) in [7, 11) is 0. The summed E-state index contributed by atoms with van der Waals surface area (Å²) in [5.41, 5.74) is 0.126. The van der Waals surface area contributed by atoms with E-state index in [1.165, 1.54) is 6.07 Å². The molecule has 0 radical (unpaired) electrons. The Hall–Kier alpha value is -2.77. The summed E-state index contributed by atoms with van der Waals surface area (Å²) in [6.45, 7) is 1.46. The number of aromatic nitrogens is 3. The number of halogens is 1. The van der Waals surface area contributed by atoms with Gasteiger partial charge in [-0.25, -0.2) is 13.9 Å². The van der Waals surface area contributed by atoms with Crippen LogP contribution in [-0.4, -0.2) is 32.0 Å². The Morgan fingerprint density at radius 2 is 2.14 bits per heavy atom. The van der Waals surface area contributed by atoms with Crippen molar-refractivity contribution in [2.75, 3.05) is 0 Å². The summed E-state index contributed by atoms with van der Waals surface area (Å²) in [5.74, 6) is -2.05. The molecule has 1 aromatic carbocycles. The van der Waals surface area contributed by atoms with Gasteiger partial charge in [-0.2, -0.15) is 0 Å². The number of carboxylic acids is 1. The van der Waals surface area contributed by atoms with Crippen molar-refractivity contribution in [2.24, 2.45) is 0 Å².